The van der Waals surface area contributed by atoms with Crippen LogP contribution in [0.3, 0.4) is 0 Å². The maximum Gasteiger partial charge on any atom is 0.487 e. The predicted molar refractivity (Wildman–Crippen MR) is 99.3 cm³/mol. The van der Waals surface area contributed by atoms with Gasteiger partial charge in [0, 0.05) is 6.42 Å². The predicted octanol–water partition coefficient (Wildman–Crippen LogP) is -0.569. The molecule has 174 valence electrons. The molecule has 0 saturated carbocycles. The normalized spacial score (nSPS) is 26.0. The monoisotopic (exact) mass is 522 g/mol. The first-order valence-electron chi connectivity index (χ1n) is 7.98. The van der Waals surface area contributed by atoms with Crippen LogP contribution >= 0.6 is 35.7 Å². The molecule has 1 saturated heterocycles. The van der Waals surface area contributed by atoms with Crippen molar-refractivity contribution in [3.63, 3.8) is 0 Å². The van der Waals surface area contributed by atoms with Crippen molar-refractivity contribution in [1.82, 2.24) is 19.5 Å². The summed E-state index contributed by atoms with van der Waals surface area (Å²) in [6.07, 6.45) is -2.03. The Morgan fingerprint density at radius 3 is 2.68 bits per heavy atom. The van der Waals surface area contributed by atoms with Crippen molar-refractivity contribution >= 4 is 52.8 Å². The number of rotatable bonds is 8. The van der Waals surface area contributed by atoms with Crippen LogP contribution in [0.1, 0.15) is 12.6 Å². The van der Waals surface area contributed by atoms with Gasteiger partial charge in [-0.15, -0.1) is 0 Å². The standard InChI is InChI=1S/C10H16N5O12P3S/c11-10-13-8-7(9(31)14-10)12-3-15(8)6-1-4(16)5(25-6)2-24-29(20,21)27-30(22,23)26-28(17,18)19/h3-6,16H,1-2H2,(H,20,21)(H,22,23)(H2,17,18,19)(H3,11,13,14,31)/p-1. The average molecular weight is 522 g/mol. The van der Waals surface area contributed by atoms with E-state index < -0.39 is 48.5 Å². The van der Waals surface area contributed by atoms with Gasteiger partial charge >= 0.3 is 15.6 Å². The van der Waals surface area contributed by atoms with Gasteiger partial charge in [-0.05, 0) is 0 Å². The Hall–Kier alpha value is -1.10. The van der Waals surface area contributed by atoms with E-state index in [1.807, 2.05) is 0 Å². The Bertz CT molecular complexity index is 1180. The molecule has 5 atom stereocenters. The number of nitrogen functional groups attached to an aromatic ring is 1. The minimum atomic E-state index is -5.71. The summed E-state index contributed by atoms with van der Waals surface area (Å²) in [5.74, 6) is 0.00748. The van der Waals surface area contributed by atoms with Crippen LogP contribution in [0.4, 0.5) is 5.95 Å². The number of hydrogen-bond acceptors (Lipinski definition) is 13. The number of nitrogens with one attached hydrogen (secondary N) is 1. The molecule has 0 bridgehead atoms. The topological polar surface area (TPSA) is 265 Å². The zero-order valence-electron chi connectivity index (χ0n) is 14.9. The summed E-state index contributed by atoms with van der Waals surface area (Å²) in [5.41, 5.74) is 6.27. The lowest BCUT2D eigenvalue weighted by Crippen LogP contribution is -2.27. The number of H-pyrrole nitrogens is 1. The number of fused-ring (bicyclic) bond motifs is 1. The molecule has 0 aliphatic carbocycles. The van der Waals surface area contributed by atoms with E-state index in [0.717, 1.165) is 0 Å². The molecule has 5 unspecified atom stereocenters. The Morgan fingerprint density at radius 1 is 1.35 bits per heavy atom. The number of imidazole rings is 1. The van der Waals surface area contributed by atoms with Crippen molar-refractivity contribution in [2.45, 2.75) is 24.9 Å². The Balaban J connectivity index is 1.67. The van der Waals surface area contributed by atoms with Crippen molar-refractivity contribution < 1.29 is 56.3 Å². The van der Waals surface area contributed by atoms with Crippen molar-refractivity contribution in [2.24, 2.45) is 0 Å². The van der Waals surface area contributed by atoms with Gasteiger partial charge in [0.05, 0.1) is 19.0 Å². The van der Waals surface area contributed by atoms with Crippen LogP contribution < -0.4 is 10.6 Å². The lowest BCUT2D eigenvalue weighted by atomic mass is 10.2. The van der Waals surface area contributed by atoms with Crippen LogP contribution in [0.2, 0.25) is 0 Å². The first-order valence-corrected chi connectivity index (χ1v) is 12.9. The third kappa shape index (κ3) is 6.24. The highest BCUT2D eigenvalue weighted by molar-refractivity contribution is 7.71. The smallest absolute Gasteiger partial charge is 0.487 e. The van der Waals surface area contributed by atoms with E-state index >= 15 is 0 Å². The third-order valence-electron chi connectivity index (χ3n) is 3.79. The molecule has 7 N–H and O–H groups in total. The van der Waals surface area contributed by atoms with E-state index in [0.29, 0.717) is 11.2 Å². The molecule has 0 radical (unpaired) electrons. The number of phosphoric acid groups is 3. The lowest BCUT2D eigenvalue weighted by molar-refractivity contribution is -0.221. The molecule has 1 fully saturated rings. The third-order valence-corrected chi connectivity index (χ3v) is 7.84. The molecular weight excluding hydrogens is 507 g/mol. The summed E-state index contributed by atoms with van der Waals surface area (Å²) >= 11 is 5.06. The number of hydrogen-bond donors (Lipinski definition) is 6. The molecule has 3 rings (SSSR count). The van der Waals surface area contributed by atoms with Gasteiger partial charge in [0.1, 0.15) is 23.5 Å². The van der Waals surface area contributed by atoms with Crippen molar-refractivity contribution in [1.29, 1.82) is 0 Å². The lowest BCUT2D eigenvalue weighted by Gasteiger charge is -2.26. The molecule has 2 aromatic rings. The molecule has 1 aliphatic heterocycles. The number of aliphatic hydroxyl groups excluding tert-OH is 1. The highest BCUT2D eigenvalue weighted by atomic mass is 32.1. The zero-order chi connectivity index (χ0) is 23.2. The second-order valence-electron chi connectivity index (χ2n) is 6.07. The Labute approximate surface area is 177 Å². The number of nitrogens with zero attached hydrogens (tertiary/aromatic N) is 3. The summed E-state index contributed by atoms with van der Waals surface area (Å²) < 4.78 is 52.1. The van der Waals surface area contributed by atoms with Gasteiger partial charge in [-0.2, -0.15) is 4.31 Å². The molecule has 0 aromatic carbocycles. The van der Waals surface area contributed by atoms with E-state index in [1.54, 1.807) is 0 Å². The molecule has 2 aromatic heterocycles. The van der Waals surface area contributed by atoms with Gasteiger partial charge in [0.2, 0.25) is 0 Å². The summed E-state index contributed by atoms with van der Waals surface area (Å²) in [5, 5.41) is 10.2. The van der Waals surface area contributed by atoms with Gasteiger partial charge in [-0.3, -0.25) is 9.13 Å². The van der Waals surface area contributed by atoms with Crippen LogP contribution in [0, 0.1) is 4.64 Å². The quantitative estimate of drug-likeness (QED) is 0.187. The van der Waals surface area contributed by atoms with Crippen LogP contribution in [0.15, 0.2) is 6.33 Å². The number of aromatic nitrogens is 4. The summed E-state index contributed by atoms with van der Waals surface area (Å²) in [6.45, 7) is -0.860. The average Bonchev–Trinajstić information content (AvgIpc) is 3.13. The van der Waals surface area contributed by atoms with Crippen LogP contribution in [-0.2, 0) is 31.6 Å². The first-order chi connectivity index (χ1) is 14.2. The van der Waals surface area contributed by atoms with Crippen LogP contribution in [0.25, 0.3) is 11.2 Å². The number of phosphoric ester groups is 1. The maximum atomic E-state index is 11.7. The second-order valence-corrected chi connectivity index (χ2v) is 10.8. The molecule has 21 heteroatoms. The minimum Gasteiger partial charge on any atom is -0.756 e. The molecule has 0 spiro atoms. The number of aromatic amines is 1. The molecular formula is C10H15N5O12P3S-. The minimum absolute atomic E-state index is 0.00748. The molecule has 0 amide bonds. The Kier molecular flexibility index (Phi) is 6.87. The van der Waals surface area contributed by atoms with Gasteiger partial charge in [0.15, 0.2) is 10.6 Å². The second kappa shape index (κ2) is 8.68. The van der Waals surface area contributed by atoms with E-state index in [-0.39, 0.29) is 17.0 Å². The van der Waals surface area contributed by atoms with Gasteiger partial charge in [0.25, 0.3) is 7.82 Å². The number of nitrogens with two attached hydrogens (primary N) is 1. The van der Waals surface area contributed by atoms with Crippen molar-refractivity contribution in [2.75, 3.05) is 12.3 Å². The van der Waals surface area contributed by atoms with Crippen LogP contribution in [-0.4, -0.2) is 58.1 Å². The highest BCUT2D eigenvalue weighted by Gasteiger charge is 2.39. The van der Waals surface area contributed by atoms with E-state index in [9.17, 15) is 23.7 Å². The molecule has 3 heterocycles. The summed E-state index contributed by atoms with van der Waals surface area (Å²) in [7, 11) is -16.8. The fraction of sp³-hybridized carbons (Fsp3) is 0.500. The van der Waals surface area contributed by atoms with Gasteiger partial charge < -0.3 is 44.7 Å². The fourth-order valence-electron chi connectivity index (χ4n) is 2.67. The first kappa shape index (κ1) is 24.5. The SMILES string of the molecule is Nc1nc(=S)c2ncn(C3CC(O)C(COP(=O)([O-])OP(=O)(O)OP(=O)(O)O)O3)c2[nH]1. The number of ether oxygens (including phenoxy) is 1. The van der Waals surface area contributed by atoms with Crippen molar-refractivity contribution in [3.05, 3.63) is 11.0 Å². The maximum absolute atomic E-state index is 11.7. The summed E-state index contributed by atoms with van der Waals surface area (Å²) in [6, 6.07) is 0. The highest BCUT2D eigenvalue weighted by Crippen LogP contribution is 2.65. The van der Waals surface area contributed by atoms with Gasteiger partial charge in [-0.1, -0.05) is 12.2 Å². The number of anilines is 1. The largest absolute Gasteiger partial charge is 0.756 e. The Morgan fingerprint density at radius 2 is 2.03 bits per heavy atom. The molecule has 17 nitrogen and oxygen atoms in total. The van der Waals surface area contributed by atoms with Crippen molar-refractivity contribution in [3.8, 4) is 0 Å². The zero-order valence-corrected chi connectivity index (χ0v) is 18.4. The molecule has 31 heavy (non-hydrogen) atoms. The van der Waals surface area contributed by atoms with E-state index in [2.05, 4.69) is 28.1 Å². The fourth-order valence-corrected chi connectivity index (χ4v) is 5.91. The van der Waals surface area contributed by atoms with Crippen LogP contribution in [0.5, 0.6) is 0 Å². The number of aliphatic hydroxyl groups is 1. The molecule has 1 aliphatic rings. The van der Waals surface area contributed by atoms with E-state index in [4.69, 9.17) is 37.4 Å². The van der Waals surface area contributed by atoms with E-state index in [1.165, 1.54) is 10.9 Å². The summed E-state index contributed by atoms with van der Waals surface area (Å²) in [4.78, 5) is 48.4. The van der Waals surface area contributed by atoms with Gasteiger partial charge in [-0.25, -0.2) is 23.4 Å².